The first-order valence-corrected chi connectivity index (χ1v) is 16.6. The second-order valence-electron chi connectivity index (χ2n) is 13.4. The lowest BCUT2D eigenvalue weighted by Gasteiger charge is -2.25. The Morgan fingerprint density at radius 2 is 1.00 bits per heavy atom. The molecule has 1 aliphatic carbocycles. The van der Waals surface area contributed by atoms with Gasteiger partial charge in [-0.3, -0.25) is 0 Å². The van der Waals surface area contributed by atoms with Gasteiger partial charge in [0.15, 0.2) is 5.82 Å². The molecule has 0 radical (unpaired) electrons. The minimum atomic E-state index is -0.341. The van der Waals surface area contributed by atoms with Crippen molar-refractivity contribution >= 4 is 43.4 Å². The number of fused-ring (bicyclic) bond motifs is 11. The van der Waals surface area contributed by atoms with Crippen LogP contribution in [0.15, 0.2) is 152 Å². The van der Waals surface area contributed by atoms with Crippen molar-refractivity contribution in [2.24, 2.45) is 0 Å². The minimum Gasteiger partial charge on any atom is -0.309 e. The molecular weight excluding hydrogens is 583 g/mol. The second-order valence-corrected chi connectivity index (χ2v) is 13.4. The van der Waals surface area contributed by atoms with Crippen LogP contribution in [-0.2, 0) is 5.41 Å². The van der Waals surface area contributed by atoms with E-state index in [9.17, 15) is 0 Å². The molecule has 3 heteroatoms. The van der Waals surface area contributed by atoms with Crippen LogP contribution in [0.2, 0.25) is 0 Å². The van der Waals surface area contributed by atoms with Crippen LogP contribution >= 0.6 is 0 Å². The Morgan fingerprint density at radius 1 is 0.438 bits per heavy atom. The van der Waals surface area contributed by atoms with Crippen LogP contribution in [0.1, 0.15) is 25.0 Å². The smallest absolute Gasteiger partial charge is 0.160 e. The fourth-order valence-electron chi connectivity index (χ4n) is 8.30. The molecule has 0 saturated heterocycles. The normalized spacial score (nSPS) is 13.4. The van der Waals surface area contributed by atoms with Crippen molar-refractivity contribution in [2.45, 2.75) is 19.3 Å². The number of nitrogens with zero attached hydrogens (tertiary/aromatic N) is 3. The third-order valence-electron chi connectivity index (χ3n) is 10.3. The van der Waals surface area contributed by atoms with Crippen LogP contribution in [0.4, 0.5) is 0 Å². The van der Waals surface area contributed by atoms with E-state index < -0.39 is 0 Å². The van der Waals surface area contributed by atoms with Gasteiger partial charge in [-0.15, -0.1) is 0 Å². The highest BCUT2D eigenvalue weighted by molar-refractivity contribution is 6.18. The van der Waals surface area contributed by atoms with Gasteiger partial charge in [0.25, 0.3) is 0 Å². The molecule has 0 N–H and O–H groups in total. The molecule has 0 bridgehead atoms. The van der Waals surface area contributed by atoms with E-state index in [1.54, 1.807) is 0 Å². The SMILES string of the molecule is CC1(C)c2c(-c3ccc4c(c3)c3ccccc3n4-c3ccccc3)nc(-c3ccccc3)nc2-c2c1c1ccccc1c1ccccc21. The average molecular weight is 614 g/mol. The molecule has 3 nitrogen and oxygen atoms in total. The molecule has 9 aromatic rings. The molecule has 0 atom stereocenters. The third kappa shape index (κ3) is 3.70. The summed E-state index contributed by atoms with van der Waals surface area (Å²) in [7, 11) is 0. The van der Waals surface area contributed by atoms with E-state index in [1.807, 2.05) is 6.07 Å². The van der Waals surface area contributed by atoms with Gasteiger partial charge < -0.3 is 4.57 Å². The summed E-state index contributed by atoms with van der Waals surface area (Å²) in [6, 6.07) is 54.3. The summed E-state index contributed by atoms with van der Waals surface area (Å²) < 4.78 is 2.37. The van der Waals surface area contributed by atoms with Crippen molar-refractivity contribution < 1.29 is 0 Å². The summed E-state index contributed by atoms with van der Waals surface area (Å²) in [5, 5.41) is 7.50. The van der Waals surface area contributed by atoms with Gasteiger partial charge in [-0.1, -0.05) is 135 Å². The number of aromatic nitrogens is 3. The van der Waals surface area contributed by atoms with Crippen LogP contribution in [0.5, 0.6) is 0 Å². The van der Waals surface area contributed by atoms with Crippen molar-refractivity contribution in [3.63, 3.8) is 0 Å². The van der Waals surface area contributed by atoms with E-state index in [-0.39, 0.29) is 5.41 Å². The van der Waals surface area contributed by atoms with Crippen molar-refractivity contribution in [3.05, 3.63) is 163 Å². The van der Waals surface area contributed by atoms with Crippen molar-refractivity contribution in [2.75, 3.05) is 0 Å². The standard InChI is InChI=1S/C45H31N3/c1-45(2)40-35-23-12-10-20-32(35)31-19-9-11-22-34(31)39(40)43-41(45)42(46-44(47-43)28-15-5-3-6-16-28)29-25-26-38-36(27-29)33-21-13-14-24-37(33)48(38)30-17-7-4-8-18-30/h3-27H,1-2H3. The van der Waals surface area contributed by atoms with Crippen molar-refractivity contribution in [1.29, 1.82) is 0 Å². The molecule has 1 aliphatic rings. The lowest BCUT2D eigenvalue weighted by molar-refractivity contribution is 0.664. The highest BCUT2D eigenvalue weighted by Gasteiger charge is 2.42. The molecule has 2 aromatic heterocycles. The van der Waals surface area contributed by atoms with Gasteiger partial charge in [0.2, 0.25) is 0 Å². The van der Waals surface area contributed by atoms with Crippen LogP contribution in [0.3, 0.4) is 0 Å². The summed E-state index contributed by atoms with van der Waals surface area (Å²) in [6.07, 6.45) is 0. The van der Waals surface area contributed by atoms with Gasteiger partial charge in [-0.25, -0.2) is 9.97 Å². The third-order valence-corrected chi connectivity index (χ3v) is 10.3. The van der Waals surface area contributed by atoms with Crippen LogP contribution in [-0.4, -0.2) is 14.5 Å². The molecule has 0 amide bonds. The molecule has 0 saturated carbocycles. The van der Waals surface area contributed by atoms with Crippen molar-refractivity contribution in [1.82, 2.24) is 14.5 Å². The summed E-state index contributed by atoms with van der Waals surface area (Å²) in [4.78, 5) is 10.9. The molecule has 226 valence electrons. The van der Waals surface area contributed by atoms with E-state index in [4.69, 9.17) is 9.97 Å². The second kappa shape index (κ2) is 9.97. The Labute approximate surface area is 278 Å². The number of benzene rings is 7. The zero-order valence-electron chi connectivity index (χ0n) is 26.8. The molecule has 7 aromatic carbocycles. The molecule has 10 rings (SSSR count). The average Bonchev–Trinajstić information content (AvgIpc) is 3.60. The Balaban J connectivity index is 1.32. The number of rotatable bonds is 3. The van der Waals surface area contributed by atoms with Gasteiger partial charge in [0.1, 0.15) is 0 Å². The molecule has 0 unspecified atom stereocenters. The minimum absolute atomic E-state index is 0.341. The van der Waals surface area contributed by atoms with E-state index in [0.29, 0.717) is 0 Å². The quantitative estimate of drug-likeness (QED) is 0.186. The molecule has 0 spiro atoms. The highest BCUT2D eigenvalue weighted by Crippen LogP contribution is 2.56. The summed E-state index contributed by atoms with van der Waals surface area (Å²) in [6.45, 7) is 4.71. The summed E-state index contributed by atoms with van der Waals surface area (Å²) in [5.74, 6) is 0.747. The van der Waals surface area contributed by atoms with Crippen LogP contribution in [0, 0.1) is 0 Å². The fourth-order valence-corrected chi connectivity index (χ4v) is 8.30. The number of hydrogen-bond acceptors (Lipinski definition) is 2. The van der Waals surface area contributed by atoms with Gasteiger partial charge in [-0.2, -0.15) is 0 Å². The first-order chi connectivity index (χ1) is 23.6. The first kappa shape index (κ1) is 27.1. The van der Waals surface area contributed by atoms with E-state index >= 15 is 0 Å². The van der Waals surface area contributed by atoms with E-state index in [1.165, 1.54) is 60.0 Å². The lowest BCUT2D eigenvalue weighted by Crippen LogP contribution is -2.18. The highest BCUT2D eigenvalue weighted by atomic mass is 15.0. The maximum absolute atomic E-state index is 5.46. The van der Waals surface area contributed by atoms with Crippen LogP contribution in [0.25, 0.3) is 82.9 Å². The van der Waals surface area contributed by atoms with Gasteiger partial charge >= 0.3 is 0 Å². The number of para-hydroxylation sites is 2. The molecule has 48 heavy (non-hydrogen) atoms. The number of hydrogen-bond donors (Lipinski definition) is 0. The maximum Gasteiger partial charge on any atom is 0.160 e. The van der Waals surface area contributed by atoms with Gasteiger partial charge in [-0.05, 0) is 57.4 Å². The molecular formula is C45H31N3. The Hall–Kier alpha value is -6.06. The van der Waals surface area contributed by atoms with Crippen LogP contribution < -0.4 is 0 Å². The van der Waals surface area contributed by atoms with Gasteiger partial charge in [0, 0.05) is 44.1 Å². The first-order valence-electron chi connectivity index (χ1n) is 16.6. The maximum atomic E-state index is 5.46. The Morgan fingerprint density at radius 3 is 1.75 bits per heavy atom. The fraction of sp³-hybridized carbons (Fsp3) is 0.0667. The van der Waals surface area contributed by atoms with E-state index in [2.05, 4.69) is 164 Å². The zero-order chi connectivity index (χ0) is 32.0. The Bertz CT molecular complexity index is 2740. The zero-order valence-corrected chi connectivity index (χ0v) is 26.8. The lowest BCUT2D eigenvalue weighted by atomic mass is 9.78. The summed E-state index contributed by atoms with van der Waals surface area (Å²) >= 11 is 0. The van der Waals surface area contributed by atoms with E-state index in [0.717, 1.165) is 34.0 Å². The predicted octanol–water partition coefficient (Wildman–Crippen LogP) is 11.5. The molecule has 0 aliphatic heterocycles. The summed E-state index contributed by atoms with van der Waals surface area (Å²) in [5.41, 5.74) is 11.1. The monoisotopic (exact) mass is 613 g/mol. The largest absolute Gasteiger partial charge is 0.309 e. The predicted molar refractivity (Wildman–Crippen MR) is 200 cm³/mol. The molecule has 2 heterocycles. The van der Waals surface area contributed by atoms with Crippen molar-refractivity contribution in [3.8, 4) is 39.6 Å². The molecule has 0 fully saturated rings. The Kier molecular flexibility index (Phi) is 5.63. The topological polar surface area (TPSA) is 30.7 Å². The van der Waals surface area contributed by atoms with Gasteiger partial charge in [0.05, 0.1) is 22.4 Å².